The number of pyridine rings is 1. The fourth-order valence-corrected chi connectivity index (χ4v) is 5.32. The number of benzene rings is 1. The number of nitrogens with zero attached hydrogens (tertiary/aromatic N) is 5. The Hall–Kier alpha value is -2.97. The molecule has 0 bridgehead atoms. The fourth-order valence-electron chi connectivity index (χ4n) is 2.47. The Morgan fingerprint density at radius 1 is 0.929 bits per heavy atom. The Morgan fingerprint density at radius 3 is 2.04 bits per heavy atom. The van der Waals surface area contributed by atoms with Crippen molar-refractivity contribution in [3.8, 4) is 11.8 Å². The van der Waals surface area contributed by atoms with E-state index in [0.717, 1.165) is 23.5 Å². The van der Waals surface area contributed by atoms with Gasteiger partial charge in [0.15, 0.2) is 5.82 Å². The van der Waals surface area contributed by atoms with E-state index in [1.807, 2.05) is 24.3 Å². The van der Waals surface area contributed by atoms with Gasteiger partial charge in [-0.3, -0.25) is 0 Å². The lowest BCUT2D eigenvalue weighted by atomic mass is 10.3. The molecule has 2 heterocycles. The molecule has 1 unspecified atom stereocenters. The monoisotopic (exact) mass is 419 g/mol. The number of aromatic nitrogens is 4. The first-order valence-corrected chi connectivity index (χ1v) is 11.8. The highest BCUT2D eigenvalue weighted by atomic mass is 32.3. The number of hydrogen-bond donors (Lipinski definition) is 0. The molecule has 146 valence electrons. The van der Waals surface area contributed by atoms with E-state index in [1.165, 1.54) is 16.9 Å². The van der Waals surface area contributed by atoms with E-state index in [-0.39, 0.29) is 21.3 Å². The van der Waals surface area contributed by atoms with Crippen molar-refractivity contribution in [1.29, 1.82) is 0 Å². The Labute approximate surface area is 163 Å². The van der Waals surface area contributed by atoms with Gasteiger partial charge in [-0.1, -0.05) is 24.1 Å². The average molecular weight is 419 g/mol. The molecule has 0 spiro atoms. The van der Waals surface area contributed by atoms with Gasteiger partial charge in [-0.05, 0) is 37.1 Å². The maximum atomic E-state index is 11.9. The molecule has 0 aliphatic rings. The molecule has 0 aliphatic carbocycles. The van der Waals surface area contributed by atoms with Crippen molar-refractivity contribution in [2.24, 2.45) is 0 Å². The van der Waals surface area contributed by atoms with Crippen LogP contribution in [-0.2, 0) is 20.0 Å². The van der Waals surface area contributed by atoms with Crippen LogP contribution in [0.15, 0.2) is 42.5 Å². The first-order valence-electron chi connectivity index (χ1n) is 8.06. The van der Waals surface area contributed by atoms with E-state index >= 15 is 0 Å². The quantitative estimate of drug-likeness (QED) is 0.583. The lowest BCUT2D eigenvalue weighted by Crippen LogP contribution is -2.35. The highest BCUT2D eigenvalue weighted by molar-refractivity contribution is 8.09. The van der Waals surface area contributed by atoms with Crippen molar-refractivity contribution in [2.45, 2.75) is 13.0 Å². The molecule has 2 aromatic heterocycles. The van der Waals surface area contributed by atoms with Crippen molar-refractivity contribution in [2.75, 3.05) is 16.2 Å². The molecule has 0 amide bonds. The van der Waals surface area contributed by atoms with Gasteiger partial charge in [0.2, 0.25) is 20.0 Å². The lowest BCUT2D eigenvalue weighted by molar-refractivity contribution is 0.525. The fraction of sp³-hybridized carbons (Fsp3) is 0.235. The van der Waals surface area contributed by atoms with E-state index in [1.54, 1.807) is 13.0 Å². The number of fused-ring (bicyclic) bond motifs is 1. The van der Waals surface area contributed by atoms with E-state index < -0.39 is 20.0 Å². The molecule has 3 rings (SSSR count). The topological polar surface area (TPSA) is 115 Å². The molecule has 0 saturated heterocycles. The summed E-state index contributed by atoms with van der Waals surface area (Å²) < 4.78 is 47.8. The van der Waals surface area contributed by atoms with Crippen LogP contribution in [0, 0.1) is 11.8 Å². The minimum Gasteiger partial charge on any atom is -0.220 e. The van der Waals surface area contributed by atoms with Gasteiger partial charge >= 0.3 is 0 Å². The molecule has 9 nitrogen and oxygen atoms in total. The van der Waals surface area contributed by atoms with Crippen LogP contribution in [0.1, 0.15) is 18.7 Å². The Kier molecular flexibility index (Phi) is 5.10. The minimum atomic E-state index is -4.07. The molecule has 28 heavy (non-hydrogen) atoms. The van der Waals surface area contributed by atoms with Crippen LogP contribution >= 0.6 is 0 Å². The summed E-state index contributed by atoms with van der Waals surface area (Å²) in [5.41, 5.74) is 1.71. The molecule has 0 N–H and O–H groups in total. The van der Waals surface area contributed by atoms with Gasteiger partial charge in [0, 0.05) is 0 Å². The van der Waals surface area contributed by atoms with Gasteiger partial charge in [-0.15, -0.1) is 3.71 Å². The van der Waals surface area contributed by atoms with E-state index in [4.69, 9.17) is 0 Å². The number of anilines is 1. The van der Waals surface area contributed by atoms with Crippen LogP contribution in [0.25, 0.3) is 11.0 Å². The summed E-state index contributed by atoms with van der Waals surface area (Å²) in [6.07, 6.45) is 1.59. The van der Waals surface area contributed by atoms with Crippen LogP contribution in [0.4, 0.5) is 5.82 Å². The largest absolute Gasteiger partial charge is 0.246 e. The summed E-state index contributed by atoms with van der Waals surface area (Å²) >= 11 is 0. The zero-order valence-corrected chi connectivity index (χ0v) is 16.9. The molecular formula is C17H17N5O4S2. The van der Waals surface area contributed by atoms with Gasteiger partial charge < -0.3 is 0 Å². The standard InChI is InChI=1S/C17H17N5O4S2/c1-13(21-19-15-8-4-5-9-16(15)20-21)11-12-14-7-6-10-17(18-14)22(27(2,23)24)28(3,25)26/h4-10,13H,1-3H3. The molecule has 1 aromatic carbocycles. The van der Waals surface area contributed by atoms with Gasteiger partial charge in [0.1, 0.15) is 22.8 Å². The Morgan fingerprint density at radius 2 is 1.50 bits per heavy atom. The van der Waals surface area contributed by atoms with Crippen molar-refractivity contribution in [3.05, 3.63) is 48.2 Å². The highest BCUT2D eigenvalue weighted by Gasteiger charge is 2.28. The zero-order valence-electron chi connectivity index (χ0n) is 15.3. The Balaban J connectivity index is 1.93. The minimum absolute atomic E-state index is 0.221. The number of sulfonamides is 2. The molecule has 3 aromatic rings. The van der Waals surface area contributed by atoms with Crippen molar-refractivity contribution in [1.82, 2.24) is 20.0 Å². The molecule has 0 saturated carbocycles. The third-order valence-corrected chi connectivity index (χ3v) is 6.79. The first-order chi connectivity index (χ1) is 13.1. The molecule has 1 atom stereocenters. The van der Waals surface area contributed by atoms with Crippen LogP contribution in [0.3, 0.4) is 0 Å². The van der Waals surface area contributed by atoms with Gasteiger partial charge in [-0.25, -0.2) is 21.8 Å². The summed E-state index contributed by atoms with van der Waals surface area (Å²) in [5.74, 6) is 5.49. The maximum Gasteiger partial charge on any atom is 0.246 e. The second kappa shape index (κ2) is 7.21. The van der Waals surface area contributed by atoms with Crippen molar-refractivity contribution < 1.29 is 16.8 Å². The summed E-state index contributed by atoms with van der Waals surface area (Å²) in [5, 5.41) is 8.70. The first kappa shape index (κ1) is 19.8. The van der Waals surface area contributed by atoms with Crippen LogP contribution in [0.5, 0.6) is 0 Å². The molecular weight excluding hydrogens is 402 g/mol. The molecule has 0 fully saturated rings. The molecule has 0 radical (unpaired) electrons. The van der Waals surface area contributed by atoms with Crippen LogP contribution < -0.4 is 3.71 Å². The van der Waals surface area contributed by atoms with Gasteiger partial charge in [0.05, 0.1) is 12.5 Å². The van der Waals surface area contributed by atoms with E-state index in [2.05, 4.69) is 27.0 Å². The average Bonchev–Trinajstić information content (AvgIpc) is 3.01. The van der Waals surface area contributed by atoms with Crippen LogP contribution in [0.2, 0.25) is 0 Å². The normalized spacial score (nSPS) is 13.0. The second-order valence-corrected chi connectivity index (χ2v) is 9.95. The van der Waals surface area contributed by atoms with E-state index in [9.17, 15) is 16.8 Å². The van der Waals surface area contributed by atoms with Gasteiger partial charge in [0.25, 0.3) is 0 Å². The predicted molar refractivity (Wildman–Crippen MR) is 106 cm³/mol. The number of hydrogen-bond acceptors (Lipinski definition) is 7. The third kappa shape index (κ3) is 4.29. The SMILES string of the molecule is CC(C#Cc1cccc(N(S(C)(=O)=O)S(C)(=O)=O)n1)n1nc2ccccc2n1. The smallest absolute Gasteiger partial charge is 0.220 e. The van der Waals surface area contributed by atoms with Crippen molar-refractivity contribution in [3.63, 3.8) is 0 Å². The van der Waals surface area contributed by atoms with Crippen LogP contribution in [-0.4, -0.2) is 49.3 Å². The summed E-state index contributed by atoms with van der Waals surface area (Å²) in [6, 6.07) is 11.4. The third-order valence-electron chi connectivity index (χ3n) is 3.58. The summed E-state index contributed by atoms with van der Waals surface area (Å²) in [6.45, 7) is 1.80. The van der Waals surface area contributed by atoms with E-state index in [0.29, 0.717) is 0 Å². The zero-order chi connectivity index (χ0) is 20.5. The van der Waals surface area contributed by atoms with Crippen molar-refractivity contribution >= 4 is 36.9 Å². The maximum absolute atomic E-state index is 11.9. The summed E-state index contributed by atoms with van der Waals surface area (Å²) in [4.78, 5) is 5.53. The van der Waals surface area contributed by atoms with Gasteiger partial charge in [-0.2, -0.15) is 15.0 Å². The summed E-state index contributed by atoms with van der Waals surface area (Å²) in [7, 11) is -8.14. The highest BCUT2D eigenvalue weighted by Crippen LogP contribution is 2.18. The number of rotatable bonds is 4. The Bertz CT molecular complexity index is 1240. The molecule has 0 aliphatic heterocycles. The second-order valence-electron chi connectivity index (χ2n) is 6.06. The molecule has 11 heteroatoms. The lowest BCUT2D eigenvalue weighted by Gasteiger charge is -2.18. The predicted octanol–water partition coefficient (Wildman–Crippen LogP) is 1.16.